The molecule has 0 atom stereocenters. The molecule has 2 aromatic heterocycles. The van der Waals surface area contributed by atoms with Gasteiger partial charge >= 0.3 is 6.18 Å². The van der Waals surface area contributed by atoms with Crippen LogP contribution in [0.3, 0.4) is 0 Å². The molecule has 32 heavy (non-hydrogen) atoms. The van der Waals surface area contributed by atoms with Crippen LogP contribution in [0.4, 0.5) is 13.2 Å². The van der Waals surface area contributed by atoms with Crippen LogP contribution in [0.25, 0.3) is 22.8 Å². The Bertz CT molecular complexity index is 1400. The summed E-state index contributed by atoms with van der Waals surface area (Å²) in [5.74, 6) is 0. The number of hydrogen-bond donors (Lipinski definition) is 0. The number of benzene rings is 2. The zero-order valence-electron chi connectivity index (χ0n) is 17.4. The van der Waals surface area contributed by atoms with E-state index < -0.39 is 17.3 Å². The van der Waals surface area contributed by atoms with Gasteiger partial charge < -0.3 is 0 Å². The average molecular weight is 458 g/mol. The zero-order valence-corrected chi connectivity index (χ0v) is 18.1. The minimum Gasteiger partial charge on any atom is -0.288 e. The Morgan fingerprint density at radius 3 is 2.44 bits per heavy atom. The van der Waals surface area contributed by atoms with Crippen molar-refractivity contribution in [1.82, 2.24) is 14.3 Å². The Kier molecular flexibility index (Phi) is 5.46. The predicted octanol–water partition coefficient (Wildman–Crippen LogP) is 6.17. The highest BCUT2D eigenvalue weighted by atomic mass is 35.5. The minimum absolute atomic E-state index is 0.0699. The fraction of sp³-hybridized carbons (Fsp3) is 0.167. The summed E-state index contributed by atoms with van der Waals surface area (Å²) in [7, 11) is 0. The van der Waals surface area contributed by atoms with Crippen molar-refractivity contribution in [2.24, 2.45) is 0 Å². The molecule has 0 aliphatic heterocycles. The van der Waals surface area contributed by atoms with Crippen LogP contribution in [0.2, 0.25) is 5.02 Å². The molecule has 0 saturated heterocycles. The van der Waals surface area contributed by atoms with Gasteiger partial charge in [0.25, 0.3) is 5.56 Å². The molecule has 0 aliphatic rings. The van der Waals surface area contributed by atoms with Gasteiger partial charge in [-0.25, -0.2) is 4.68 Å². The molecule has 4 aromatic rings. The lowest BCUT2D eigenvalue weighted by Crippen LogP contribution is -2.25. The van der Waals surface area contributed by atoms with E-state index in [1.807, 2.05) is 24.3 Å². The predicted molar refractivity (Wildman–Crippen MR) is 120 cm³/mol. The van der Waals surface area contributed by atoms with Crippen LogP contribution in [0.5, 0.6) is 0 Å². The van der Waals surface area contributed by atoms with E-state index >= 15 is 0 Å². The van der Waals surface area contributed by atoms with Crippen LogP contribution >= 0.6 is 11.6 Å². The Morgan fingerprint density at radius 2 is 1.81 bits per heavy atom. The summed E-state index contributed by atoms with van der Waals surface area (Å²) in [6.45, 7) is 7.05. The fourth-order valence-corrected chi connectivity index (χ4v) is 3.94. The first kappa shape index (κ1) is 21.9. The summed E-state index contributed by atoms with van der Waals surface area (Å²) in [5.41, 5.74) is 1.28. The van der Waals surface area contributed by atoms with E-state index in [4.69, 9.17) is 11.6 Å². The molecule has 2 heterocycles. The lowest BCUT2D eigenvalue weighted by Gasteiger charge is -2.16. The van der Waals surface area contributed by atoms with E-state index in [1.165, 1.54) is 16.2 Å². The SMILES string of the molecule is C=Cc1ccc(Cn2c(=O)cc(C(F)(F)F)c3c(C)nn(-c4cccc(Cl)c4C)c32)cc1. The average Bonchev–Trinajstić information content (AvgIpc) is 3.08. The summed E-state index contributed by atoms with van der Waals surface area (Å²) >= 11 is 6.26. The molecule has 0 bridgehead atoms. The molecule has 0 aliphatic carbocycles. The second-order valence-corrected chi connectivity index (χ2v) is 7.91. The standard InChI is InChI=1S/C24H19ClF3N3O/c1-4-16-8-10-17(11-9-16)13-30-21(32)12-18(24(26,27)28)22-15(3)29-31(23(22)30)20-7-5-6-19(25)14(20)2/h4-12H,1,13H2,2-3H3. The molecular formula is C24H19ClF3N3O. The monoisotopic (exact) mass is 457 g/mol. The van der Waals surface area contributed by atoms with E-state index in [0.717, 1.165) is 11.1 Å². The molecule has 8 heteroatoms. The van der Waals surface area contributed by atoms with Gasteiger partial charge in [0.05, 0.1) is 28.9 Å². The number of pyridine rings is 1. The summed E-state index contributed by atoms with van der Waals surface area (Å²) in [4.78, 5) is 13.0. The van der Waals surface area contributed by atoms with Crippen molar-refractivity contribution >= 4 is 28.7 Å². The number of alkyl halides is 3. The van der Waals surface area contributed by atoms with Crippen LogP contribution in [0, 0.1) is 13.8 Å². The van der Waals surface area contributed by atoms with Crippen molar-refractivity contribution < 1.29 is 13.2 Å². The smallest absolute Gasteiger partial charge is 0.288 e. The molecule has 4 rings (SSSR count). The molecule has 0 N–H and O–H groups in total. The quantitative estimate of drug-likeness (QED) is 0.368. The summed E-state index contributed by atoms with van der Waals surface area (Å²) in [5, 5.41) is 4.73. The van der Waals surface area contributed by atoms with Gasteiger partial charge in [-0.15, -0.1) is 0 Å². The fourth-order valence-electron chi connectivity index (χ4n) is 3.77. The highest BCUT2D eigenvalue weighted by molar-refractivity contribution is 6.31. The molecule has 0 unspecified atom stereocenters. The molecule has 0 saturated carbocycles. The summed E-state index contributed by atoms with van der Waals surface area (Å²) in [6, 6.07) is 13.0. The molecule has 0 spiro atoms. The maximum Gasteiger partial charge on any atom is 0.417 e. The molecule has 2 aromatic carbocycles. The first-order valence-electron chi connectivity index (χ1n) is 9.79. The Hall–Kier alpha value is -3.32. The number of aromatic nitrogens is 3. The first-order chi connectivity index (χ1) is 15.1. The van der Waals surface area contributed by atoms with Gasteiger partial charge in [0, 0.05) is 11.1 Å². The van der Waals surface area contributed by atoms with Crippen LogP contribution in [-0.2, 0) is 12.7 Å². The van der Waals surface area contributed by atoms with Crippen molar-refractivity contribution in [3.05, 3.63) is 98.4 Å². The van der Waals surface area contributed by atoms with E-state index in [2.05, 4.69) is 11.7 Å². The largest absolute Gasteiger partial charge is 0.417 e. The second-order valence-electron chi connectivity index (χ2n) is 7.51. The van der Waals surface area contributed by atoms with E-state index in [9.17, 15) is 18.0 Å². The molecule has 0 amide bonds. The van der Waals surface area contributed by atoms with E-state index in [1.54, 1.807) is 31.2 Å². The van der Waals surface area contributed by atoms with Crippen molar-refractivity contribution in [3.63, 3.8) is 0 Å². The second kappa shape index (κ2) is 7.98. The van der Waals surface area contributed by atoms with Crippen molar-refractivity contribution in [3.8, 4) is 5.69 Å². The summed E-state index contributed by atoms with van der Waals surface area (Å²) < 4.78 is 44.3. The van der Waals surface area contributed by atoms with Crippen LogP contribution in [0.15, 0.2) is 59.9 Å². The third kappa shape index (κ3) is 3.73. The number of halogens is 4. The van der Waals surface area contributed by atoms with Gasteiger partial charge in [-0.2, -0.15) is 18.3 Å². The Morgan fingerprint density at radius 1 is 1.12 bits per heavy atom. The third-order valence-electron chi connectivity index (χ3n) is 5.42. The number of fused-ring (bicyclic) bond motifs is 1. The minimum atomic E-state index is -4.70. The zero-order chi connectivity index (χ0) is 23.2. The van der Waals surface area contributed by atoms with Crippen LogP contribution in [-0.4, -0.2) is 14.3 Å². The highest BCUT2D eigenvalue weighted by Gasteiger charge is 2.36. The lowest BCUT2D eigenvalue weighted by molar-refractivity contribution is -0.136. The van der Waals surface area contributed by atoms with Crippen molar-refractivity contribution in [1.29, 1.82) is 0 Å². The molecular weight excluding hydrogens is 439 g/mol. The van der Waals surface area contributed by atoms with Gasteiger partial charge in [-0.3, -0.25) is 9.36 Å². The van der Waals surface area contributed by atoms with Gasteiger partial charge in [0.2, 0.25) is 0 Å². The summed E-state index contributed by atoms with van der Waals surface area (Å²) in [6.07, 6.45) is -3.02. The van der Waals surface area contributed by atoms with Crippen LogP contribution < -0.4 is 5.56 Å². The lowest BCUT2D eigenvalue weighted by atomic mass is 10.1. The number of hydrogen-bond acceptors (Lipinski definition) is 2. The normalized spacial score (nSPS) is 11.8. The highest BCUT2D eigenvalue weighted by Crippen LogP contribution is 2.36. The maximum absolute atomic E-state index is 13.9. The topological polar surface area (TPSA) is 39.8 Å². The number of rotatable bonds is 4. The Balaban J connectivity index is 2.07. The van der Waals surface area contributed by atoms with Crippen LogP contribution in [0.1, 0.15) is 27.9 Å². The molecule has 4 nitrogen and oxygen atoms in total. The van der Waals surface area contributed by atoms with Gasteiger partial charge in [-0.1, -0.05) is 54.6 Å². The molecule has 164 valence electrons. The number of aryl methyl sites for hydroxylation is 1. The third-order valence-corrected chi connectivity index (χ3v) is 5.83. The van der Waals surface area contributed by atoms with Gasteiger partial charge in [0.15, 0.2) is 0 Å². The maximum atomic E-state index is 13.9. The van der Waals surface area contributed by atoms with Crippen molar-refractivity contribution in [2.45, 2.75) is 26.6 Å². The van der Waals surface area contributed by atoms with Gasteiger partial charge in [-0.05, 0) is 42.7 Å². The molecule has 0 radical (unpaired) electrons. The number of nitrogens with zero attached hydrogens (tertiary/aromatic N) is 3. The van der Waals surface area contributed by atoms with E-state index in [-0.39, 0.29) is 23.3 Å². The molecule has 0 fully saturated rings. The van der Waals surface area contributed by atoms with Gasteiger partial charge in [0.1, 0.15) is 5.65 Å². The van der Waals surface area contributed by atoms with E-state index in [0.29, 0.717) is 22.3 Å². The van der Waals surface area contributed by atoms with Crippen molar-refractivity contribution in [2.75, 3.05) is 0 Å². The Labute approximate surface area is 187 Å². The first-order valence-corrected chi connectivity index (χ1v) is 10.2.